The van der Waals surface area contributed by atoms with Crippen LogP contribution in [0.1, 0.15) is 17.3 Å². The van der Waals surface area contributed by atoms with E-state index in [2.05, 4.69) is 9.71 Å². The van der Waals surface area contributed by atoms with Gasteiger partial charge in [-0.2, -0.15) is 0 Å². The Labute approximate surface area is 147 Å². The largest absolute Gasteiger partial charge is 0.488 e. The Bertz CT molecular complexity index is 823. The second-order valence-electron chi connectivity index (χ2n) is 5.70. The summed E-state index contributed by atoms with van der Waals surface area (Å²) in [4.78, 5) is 17.3. The number of rotatable bonds is 7. The number of aromatic nitrogens is 1. The summed E-state index contributed by atoms with van der Waals surface area (Å²) in [5.74, 6) is 0.304. The zero-order valence-electron chi connectivity index (χ0n) is 14.3. The van der Waals surface area contributed by atoms with Crippen LogP contribution in [0.5, 0.6) is 5.75 Å². The van der Waals surface area contributed by atoms with Gasteiger partial charge in [0.25, 0.3) is 5.91 Å². The number of benzene rings is 1. The minimum absolute atomic E-state index is 0.0359. The minimum atomic E-state index is -3.75. The first-order valence-electron chi connectivity index (χ1n) is 7.67. The molecule has 1 heterocycles. The number of hydrogen-bond donors (Lipinski definition) is 1. The van der Waals surface area contributed by atoms with Gasteiger partial charge in [-0.1, -0.05) is 6.07 Å². The highest BCUT2D eigenvalue weighted by atomic mass is 32.2. The molecule has 1 aromatic carbocycles. The van der Waals surface area contributed by atoms with Crippen molar-refractivity contribution in [3.05, 3.63) is 54.4 Å². The van der Waals surface area contributed by atoms with Crippen molar-refractivity contribution in [2.24, 2.45) is 0 Å². The summed E-state index contributed by atoms with van der Waals surface area (Å²) in [5, 5.41) is 0. The van der Waals surface area contributed by atoms with Gasteiger partial charge in [0, 0.05) is 32.4 Å². The molecule has 0 aliphatic heterocycles. The first-order valence-corrected chi connectivity index (χ1v) is 9.16. The van der Waals surface area contributed by atoms with E-state index in [1.54, 1.807) is 57.7 Å². The quantitative estimate of drug-likeness (QED) is 0.806. The highest BCUT2D eigenvalue weighted by Crippen LogP contribution is 2.13. The van der Waals surface area contributed by atoms with Gasteiger partial charge >= 0.3 is 0 Å². The molecule has 0 fully saturated rings. The molecule has 1 N–H and O–H groups in total. The molecular formula is C17H21N3O4S. The molecule has 8 heteroatoms. The SMILES string of the molecule is C[C@@H](CNS(=O)(=O)c1cccc(C(=O)N(C)C)c1)Oc1cccnc1. The second kappa shape index (κ2) is 8.09. The van der Waals surface area contributed by atoms with Crippen LogP contribution >= 0.6 is 0 Å². The normalized spacial score (nSPS) is 12.4. The van der Waals surface area contributed by atoms with Gasteiger partial charge in [0.15, 0.2) is 0 Å². The standard InChI is InChI=1S/C17H21N3O4S/c1-13(24-15-7-5-9-18-12-15)11-19-25(22,23)16-8-4-6-14(10-16)17(21)20(2)3/h4-10,12-13,19H,11H2,1-3H3/t13-/m0/s1. The Hall–Kier alpha value is -2.45. The fourth-order valence-corrected chi connectivity index (χ4v) is 3.22. The lowest BCUT2D eigenvalue weighted by molar-refractivity contribution is 0.0827. The molecule has 0 spiro atoms. The number of nitrogens with one attached hydrogen (secondary N) is 1. The maximum atomic E-state index is 12.4. The van der Waals surface area contributed by atoms with Crippen molar-refractivity contribution in [3.63, 3.8) is 0 Å². The summed E-state index contributed by atoms with van der Waals surface area (Å²) >= 11 is 0. The van der Waals surface area contributed by atoms with Gasteiger partial charge in [-0.25, -0.2) is 13.1 Å². The van der Waals surface area contributed by atoms with Gasteiger partial charge in [-0.05, 0) is 37.3 Å². The van der Waals surface area contributed by atoms with Crippen molar-refractivity contribution >= 4 is 15.9 Å². The Kier molecular flexibility index (Phi) is 6.11. The van der Waals surface area contributed by atoms with Crippen molar-refractivity contribution in [2.45, 2.75) is 17.9 Å². The van der Waals surface area contributed by atoms with Crippen molar-refractivity contribution in [1.29, 1.82) is 0 Å². The molecule has 2 aromatic rings. The molecule has 7 nitrogen and oxygen atoms in total. The van der Waals surface area contributed by atoms with Gasteiger partial charge in [-0.15, -0.1) is 0 Å². The highest BCUT2D eigenvalue weighted by Gasteiger charge is 2.18. The van der Waals surface area contributed by atoms with Crippen molar-refractivity contribution < 1.29 is 17.9 Å². The van der Waals surface area contributed by atoms with Gasteiger partial charge in [0.05, 0.1) is 11.1 Å². The Morgan fingerprint density at radius 3 is 2.68 bits per heavy atom. The lowest BCUT2D eigenvalue weighted by Gasteiger charge is -2.16. The minimum Gasteiger partial charge on any atom is -0.488 e. The lowest BCUT2D eigenvalue weighted by atomic mass is 10.2. The number of carbonyl (C=O) groups is 1. The molecule has 1 atom stereocenters. The molecule has 0 radical (unpaired) electrons. The molecule has 0 aliphatic rings. The van der Waals surface area contributed by atoms with E-state index in [1.807, 2.05) is 0 Å². The summed E-state index contributed by atoms with van der Waals surface area (Å²) in [5.41, 5.74) is 0.313. The first-order chi connectivity index (χ1) is 11.8. The molecule has 1 amide bonds. The summed E-state index contributed by atoms with van der Waals surface area (Å²) in [7, 11) is -0.525. The third-order valence-corrected chi connectivity index (χ3v) is 4.75. The number of sulfonamides is 1. The van der Waals surface area contributed by atoms with Crippen molar-refractivity contribution in [3.8, 4) is 5.75 Å². The van der Waals surface area contributed by atoms with Crippen LogP contribution in [0.15, 0.2) is 53.7 Å². The molecule has 0 saturated carbocycles. The van der Waals surface area contributed by atoms with E-state index in [4.69, 9.17) is 4.74 Å². The molecule has 0 saturated heterocycles. The molecule has 0 aliphatic carbocycles. The molecule has 0 unspecified atom stereocenters. The smallest absolute Gasteiger partial charge is 0.253 e. The fourth-order valence-electron chi connectivity index (χ4n) is 2.06. The molecule has 25 heavy (non-hydrogen) atoms. The van der Waals surface area contributed by atoms with Crippen LogP contribution in [0.2, 0.25) is 0 Å². The summed E-state index contributed by atoms with van der Waals surface area (Å²) in [6.45, 7) is 1.84. The van der Waals surface area contributed by atoms with E-state index in [1.165, 1.54) is 17.0 Å². The fraction of sp³-hybridized carbons (Fsp3) is 0.294. The zero-order chi connectivity index (χ0) is 18.4. The number of nitrogens with zero attached hydrogens (tertiary/aromatic N) is 2. The molecule has 0 bridgehead atoms. The van der Waals surface area contributed by atoms with Crippen LogP contribution < -0.4 is 9.46 Å². The summed E-state index contributed by atoms with van der Waals surface area (Å²) in [6.07, 6.45) is 2.80. The van der Waals surface area contributed by atoms with Crippen LogP contribution in [0.3, 0.4) is 0 Å². The Balaban J connectivity index is 2.04. The number of amides is 1. The van der Waals surface area contributed by atoms with E-state index in [0.717, 1.165) is 0 Å². The predicted octanol–water partition coefficient (Wildman–Crippen LogP) is 1.53. The van der Waals surface area contributed by atoms with Crippen LogP contribution in [0.25, 0.3) is 0 Å². The number of carbonyl (C=O) groups excluding carboxylic acids is 1. The molecule has 134 valence electrons. The average Bonchev–Trinajstić information content (AvgIpc) is 2.60. The third kappa shape index (κ3) is 5.27. The van der Waals surface area contributed by atoms with Gasteiger partial charge in [0.1, 0.15) is 11.9 Å². The lowest BCUT2D eigenvalue weighted by Crippen LogP contribution is -2.33. The third-order valence-electron chi connectivity index (χ3n) is 3.33. The maximum Gasteiger partial charge on any atom is 0.253 e. The van der Waals surface area contributed by atoms with Crippen LogP contribution in [0, 0.1) is 0 Å². The first kappa shape index (κ1) is 18.9. The van der Waals surface area contributed by atoms with Gasteiger partial charge in [0.2, 0.25) is 10.0 Å². The van der Waals surface area contributed by atoms with E-state index >= 15 is 0 Å². The van der Waals surface area contributed by atoms with E-state index in [0.29, 0.717) is 11.3 Å². The summed E-state index contributed by atoms with van der Waals surface area (Å²) < 4.78 is 32.9. The van der Waals surface area contributed by atoms with E-state index in [9.17, 15) is 13.2 Å². The van der Waals surface area contributed by atoms with Crippen LogP contribution in [-0.4, -0.2) is 51.0 Å². The van der Waals surface area contributed by atoms with Crippen molar-refractivity contribution in [1.82, 2.24) is 14.6 Å². The predicted molar refractivity (Wildman–Crippen MR) is 94.0 cm³/mol. The topological polar surface area (TPSA) is 88.6 Å². The molecule has 2 rings (SSSR count). The van der Waals surface area contributed by atoms with E-state index < -0.39 is 10.0 Å². The Morgan fingerprint density at radius 1 is 1.28 bits per heavy atom. The average molecular weight is 363 g/mol. The molecular weight excluding hydrogens is 342 g/mol. The number of ether oxygens (including phenoxy) is 1. The second-order valence-corrected chi connectivity index (χ2v) is 7.46. The van der Waals surface area contributed by atoms with Crippen LogP contribution in [0.4, 0.5) is 0 Å². The monoisotopic (exact) mass is 363 g/mol. The van der Waals surface area contributed by atoms with Crippen LogP contribution in [-0.2, 0) is 10.0 Å². The van der Waals surface area contributed by atoms with E-state index in [-0.39, 0.29) is 23.5 Å². The maximum absolute atomic E-state index is 12.4. The van der Waals surface area contributed by atoms with Gasteiger partial charge in [-0.3, -0.25) is 9.78 Å². The number of hydrogen-bond acceptors (Lipinski definition) is 5. The Morgan fingerprint density at radius 2 is 2.04 bits per heavy atom. The number of pyridine rings is 1. The van der Waals surface area contributed by atoms with Gasteiger partial charge < -0.3 is 9.64 Å². The van der Waals surface area contributed by atoms with Crippen molar-refractivity contribution in [2.75, 3.05) is 20.6 Å². The highest BCUT2D eigenvalue weighted by molar-refractivity contribution is 7.89. The molecule has 1 aromatic heterocycles. The zero-order valence-corrected chi connectivity index (χ0v) is 15.2. The summed E-state index contributed by atoms with van der Waals surface area (Å²) in [6, 6.07) is 9.41.